The molecule has 0 radical (unpaired) electrons. The van der Waals surface area contributed by atoms with E-state index in [2.05, 4.69) is 9.71 Å². The van der Waals surface area contributed by atoms with Gasteiger partial charge in [0.05, 0.1) is 15.5 Å². The molecule has 0 spiro atoms. The number of pyridine rings is 1. The van der Waals surface area contributed by atoms with E-state index in [-0.39, 0.29) is 11.4 Å². The first kappa shape index (κ1) is 15.8. The summed E-state index contributed by atoms with van der Waals surface area (Å²) in [6.45, 7) is 0.111. The Morgan fingerprint density at radius 2 is 2.00 bits per heavy atom. The van der Waals surface area contributed by atoms with Gasteiger partial charge in [-0.3, -0.25) is 4.98 Å². The number of nitrogens with one attached hydrogen (secondary N) is 1. The number of halogens is 1. The Bertz CT molecular complexity index is 909. The number of sulfonamides is 1. The van der Waals surface area contributed by atoms with Gasteiger partial charge in [0.1, 0.15) is 5.82 Å². The highest BCUT2D eigenvalue weighted by atomic mass is 32.2. The van der Waals surface area contributed by atoms with Gasteiger partial charge >= 0.3 is 0 Å². The van der Waals surface area contributed by atoms with Gasteiger partial charge in [-0.25, -0.2) is 17.5 Å². The molecule has 0 amide bonds. The summed E-state index contributed by atoms with van der Waals surface area (Å²) in [7, 11) is -3.76. The minimum atomic E-state index is -3.76. The average Bonchev–Trinajstić information content (AvgIpc) is 3.08. The molecule has 1 N–H and O–H groups in total. The van der Waals surface area contributed by atoms with Gasteiger partial charge in [-0.2, -0.15) is 0 Å². The second kappa shape index (κ2) is 6.57. The van der Waals surface area contributed by atoms with Crippen molar-refractivity contribution in [2.45, 2.75) is 11.4 Å². The van der Waals surface area contributed by atoms with Crippen molar-refractivity contribution in [2.75, 3.05) is 0 Å². The molecule has 0 aliphatic heterocycles. The van der Waals surface area contributed by atoms with Crippen LogP contribution in [0.3, 0.4) is 0 Å². The van der Waals surface area contributed by atoms with Crippen LogP contribution in [0.1, 0.15) is 5.56 Å². The van der Waals surface area contributed by atoms with Gasteiger partial charge in [0, 0.05) is 12.7 Å². The fraction of sp³-hybridized carbons (Fsp3) is 0.0625. The SMILES string of the molecule is O=S(=O)(NCc1ccnc(-c2cccs2)c1)c1cccc(F)c1. The molecule has 4 nitrogen and oxygen atoms in total. The summed E-state index contributed by atoms with van der Waals surface area (Å²) in [4.78, 5) is 5.20. The highest BCUT2D eigenvalue weighted by Gasteiger charge is 2.14. The summed E-state index contributed by atoms with van der Waals surface area (Å²) >= 11 is 1.56. The minimum Gasteiger partial charge on any atom is -0.255 e. The molecule has 0 saturated carbocycles. The van der Waals surface area contributed by atoms with E-state index in [1.807, 2.05) is 23.6 Å². The first-order valence-corrected chi connectivity index (χ1v) is 9.15. The van der Waals surface area contributed by atoms with Crippen LogP contribution in [0, 0.1) is 5.82 Å². The quantitative estimate of drug-likeness (QED) is 0.768. The minimum absolute atomic E-state index is 0.0926. The van der Waals surface area contributed by atoms with Crippen molar-refractivity contribution in [3.63, 3.8) is 0 Å². The summed E-state index contributed by atoms with van der Waals surface area (Å²) in [5, 5.41) is 1.95. The Morgan fingerprint density at radius 3 is 2.74 bits per heavy atom. The van der Waals surface area contributed by atoms with E-state index < -0.39 is 15.8 Å². The number of rotatable bonds is 5. The van der Waals surface area contributed by atoms with E-state index in [9.17, 15) is 12.8 Å². The molecule has 118 valence electrons. The largest absolute Gasteiger partial charge is 0.255 e. The zero-order chi connectivity index (χ0) is 16.3. The van der Waals surface area contributed by atoms with Gasteiger partial charge in [-0.05, 0) is 47.3 Å². The zero-order valence-electron chi connectivity index (χ0n) is 11.9. The number of hydrogen-bond donors (Lipinski definition) is 1. The lowest BCUT2D eigenvalue weighted by Crippen LogP contribution is -2.23. The van der Waals surface area contributed by atoms with Crippen LogP contribution in [0.15, 0.2) is 65.0 Å². The number of benzene rings is 1. The maximum absolute atomic E-state index is 13.2. The van der Waals surface area contributed by atoms with E-state index >= 15 is 0 Å². The van der Waals surface area contributed by atoms with Gasteiger partial charge < -0.3 is 0 Å². The van der Waals surface area contributed by atoms with Crippen LogP contribution in [-0.4, -0.2) is 13.4 Å². The van der Waals surface area contributed by atoms with Crippen molar-refractivity contribution in [3.05, 3.63) is 71.5 Å². The molecule has 1 aromatic carbocycles. The van der Waals surface area contributed by atoms with Crippen molar-refractivity contribution in [1.29, 1.82) is 0 Å². The molecule has 0 saturated heterocycles. The summed E-state index contributed by atoms with van der Waals surface area (Å²) in [6.07, 6.45) is 1.64. The van der Waals surface area contributed by atoms with Crippen LogP contribution in [-0.2, 0) is 16.6 Å². The predicted molar refractivity (Wildman–Crippen MR) is 88.0 cm³/mol. The van der Waals surface area contributed by atoms with Crippen LogP contribution < -0.4 is 4.72 Å². The fourth-order valence-corrected chi connectivity index (χ4v) is 3.78. The van der Waals surface area contributed by atoms with Gasteiger partial charge in [-0.15, -0.1) is 11.3 Å². The number of nitrogens with zero attached hydrogens (tertiary/aromatic N) is 1. The number of thiophene rings is 1. The molecule has 0 aliphatic rings. The third-order valence-corrected chi connectivity index (χ3v) is 5.46. The first-order valence-electron chi connectivity index (χ1n) is 6.79. The molecule has 0 bridgehead atoms. The molecule has 0 aliphatic carbocycles. The normalized spacial score (nSPS) is 11.5. The number of hydrogen-bond acceptors (Lipinski definition) is 4. The van der Waals surface area contributed by atoms with Crippen molar-refractivity contribution < 1.29 is 12.8 Å². The third kappa shape index (κ3) is 3.82. The van der Waals surface area contributed by atoms with Crippen LogP contribution in [0.25, 0.3) is 10.6 Å². The monoisotopic (exact) mass is 348 g/mol. The second-order valence-electron chi connectivity index (χ2n) is 4.81. The van der Waals surface area contributed by atoms with Gasteiger partial charge in [0.25, 0.3) is 0 Å². The zero-order valence-corrected chi connectivity index (χ0v) is 13.6. The van der Waals surface area contributed by atoms with Crippen LogP contribution in [0.4, 0.5) is 4.39 Å². The molecule has 2 heterocycles. The molecule has 0 fully saturated rings. The molecule has 0 unspecified atom stereocenters. The molecular weight excluding hydrogens is 335 g/mol. The second-order valence-corrected chi connectivity index (χ2v) is 7.52. The van der Waals surface area contributed by atoms with E-state index in [0.29, 0.717) is 0 Å². The summed E-state index contributed by atoms with van der Waals surface area (Å²) < 4.78 is 40.0. The van der Waals surface area contributed by atoms with Gasteiger partial charge in [-0.1, -0.05) is 12.1 Å². The maximum atomic E-state index is 13.2. The first-order chi connectivity index (χ1) is 11.0. The Balaban J connectivity index is 1.77. The molecule has 0 atom stereocenters. The average molecular weight is 348 g/mol. The van der Waals surface area contributed by atoms with E-state index in [1.54, 1.807) is 23.6 Å². The molecule has 3 rings (SSSR count). The lowest BCUT2D eigenvalue weighted by Gasteiger charge is -2.08. The summed E-state index contributed by atoms with van der Waals surface area (Å²) in [5.74, 6) is -0.586. The van der Waals surface area contributed by atoms with E-state index in [4.69, 9.17) is 0 Å². The Morgan fingerprint density at radius 1 is 1.13 bits per heavy atom. The summed E-state index contributed by atoms with van der Waals surface area (Å²) in [6, 6.07) is 12.4. The van der Waals surface area contributed by atoms with Gasteiger partial charge in [0.15, 0.2) is 0 Å². The molecule has 2 aromatic heterocycles. The maximum Gasteiger partial charge on any atom is 0.240 e. The topological polar surface area (TPSA) is 59.1 Å². The lowest BCUT2D eigenvalue weighted by molar-refractivity contribution is 0.577. The smallest absolute Gasteiger partial charge is 0.240 e. The van der Waals surface area contributed by atoms with Gasteiger partial charge in [0.2, 0.25) is 10.0 Å². The highest BCUT2D eigenvalue weighted by Crippen LogP contribution is 2.23. The third-order valence-electron chi connectivity index (χ3n) is 3.17. The fourth-order valence-electron chi connectivity index (χ4n) is 2.04. The Labute approximate surface area is 137 Å². The molecular formula is C16H13FN2O2S2. The summed E-state index contributed by atoms with van der Waals surface area (Å²) in [5.41, 5.74) is 1.57. The Kier molecular flexibility index (Phi) is 4.51. The van der Waals surface area contributed by atoms with Crippen molar-refractivity contribution in [3.8, 4) is 10.6 Å². The van der Waals surface area contributed by atoms with Crippen molar-refractivity contribution >= 4 is 21.4 Å². The van der Waals surface area contributed by atoms with Crippen LogP contribution >= 0.6 is 11.3 Å². The van der Waals surface area contributed by atoms with Crippen LogP contribution in [0.5, 0.6) is 0 Å². The predicted octanol–water partition coefficient (Wildman–Crippen LogP) is 3.43. The van der Waals surface area contributed by atoms with E-state index in [1.165, 1.54) is 18.2 Å². The molecule has 3 aromatic rings. The standard InChI is InChI=1S/C16H13FN2O2S2/c17-13-3-1-4-14(10-13)23(20,21)19-11-12-6-7-18-15(9-12)16-5-2-8-22-16/h1-10,19H,11H2. The van der Waals surface area contributed by atoms with Crippen molar-refractivity contribution in [2.24, 2.45) is 0 Å². The number of aromatic nitrogens is 1. The Hall–Kier alpha value is -2.09. The highest BCUT2D eigenvalue weighted by molar-refractivity contribution is 7.89. The van der Waals surface area contributed by atoms with Crippen LogP contribution in [0.2, 0.25) is 0 Å². The molecule has 7 heteroatoms. The lowest BCUT2D eigenvalue weighted by atomic mass is 10.2. The molecule has 23 heavy (non-hydrogen) atoms. The van der Waals surface area contributed by atoms with E-state index in [0.717, 1.165) is 22.2 Å². The van der Waals surface area contributed by atoms with Crippen molar-refractivity contribution in [1.82, 2.24) is 9.71 Å².